The minimum atomic E-state index is -2.19. The molecule has 0 fully saturated rings. The van der Waals surface area contributed by atoms with E-state index in [1.807, 2.05) is 0 Å². The van der Waals surface area contributed by atoms with Gasteiger partial charge in [0.15, 0.2) is 6.10 Å². The van der Waals surface area contributed by atoms with Gasteiger partial charge >= 0.3 is 5.97 Å². The molecule has 0 aliphatic rings. The van der Waals surface area contributed by atoms with Crippen LogP contribution in [0.4, 0.5) is 8.78 Å². The second-order valence-electron chi connectivity index (χ2n) is 2.52. The molecule has 0 amide bonds. The number of hydrogen-bond acceptors (Lipinski definition) is 2. The molecule has 0 aliphatic heterocycles. The SMILES string of the molecule is O=C(O)C(O)c1c(F)cc(Br)cc1F. The Hall–Kier alpha value is -1.01. The molecule has 0 saturated carbocycles. The van der Waals surface area contributed by atoms with Gasteiger partial charge in [-0.2, -0.15) is 0 Å². The Balaban J connectivity index is 3.27. The van der Waals surface area contributed by atoms with Gasteiger partial charge in [0.1, 0.15) is 11.6 Å². The van der Waals surface area contributed by atoms with Crippen molar-refractivity contribution in [3.8, 4) is 0 Å². The summed E-state index contributed by atoms with van der Waals surface area (Å²) in [6.45, 7) is 0. The van der Waals surface area contributed by atoms with Crippen LogP contribution < -0.4 is 0 Å². The summed E-state index contributed by atoms with van der Waals surface area (Å²) in [5.74, 6) is -3.91. The molecule has 1 aromatic rings. The van der Waals surface area contributed by atoms with Crippen molar-refractivity contribution in [1.82, 2.24) is 0 Å². The van der Waals surface area contributed by atoms with Crippen molar-refractivity contribution in [3.05, 3.63) is 33.8 Å². The summed E-state index contributed by atoms with van der Waals surface area (Å²) in [5, 5.41) is 17.3. The number of hydrogen-bond donors (Lipinski definition) is 2. The molecule has 1 atom stereocenters. The van der Waals surface area contributed by atoms with Gasteiger partial charge in [0, 0.05) is 4.47 Å². The van der Waals surface area contributed by atoms with E-state index in [9.17, 15) is 13.6 Å². The van der Waals surface area contributed by atoms with E-state index in [2.05, 4.69) is 15.9 Å². The zero-order valence-corrected chi connectivity index (χ0v) is 8.25. The van der Waals surface area contributed by atoms with Crippen molar-refractivity contribution in [1.29, 1.82) is 0 Å². The van der Waals surface area contributed by atoms with Crippen LogP contribution >= 0.6 is 15.9 Å². The summed E-state index contributed by atoms with van der Waals surface area (Å²) in [5.41, 5.74) is -0.860. The first kappa shape index (κ1) is 11.1. The third-order valence-corrected chi connectivity index (χ3v) is 2.01. The van der Waals surface area contributed by atoms with Crippen LogP contribution in [0.3, 0.4) is 0 Å². The fraction of sp³-hybridized carbons (Fsp3) is 0.125. The van der Waals surface area contributed by atoms with Crippen LogP contribution in [-0.2, 0) is 4.79 Å². The Bertz CT molecular complexity index is 358. The monoisotopic (exact) mass is 266 g/mol. The number of rotatable bonds is 2. The number of carboxylic acid groups (broad SMARTS) is 1. The predicted molar refractivity (Wildman–Crippen MR) is 46.7 cm³/mol. The second-order valence-corrected chi connectivity index (χ2v) is 3.44. The Morgan fingerprint density at radius 3 is 2.14 bits per heavy atom. The Morgan fingerprint density at radius 1 is 1.36 bits per heavy atom. The molecule has 0 heterocycles. The Morgan fingerprint density at radius 2 is 1.79 bits per heavy atom. The minimum Gasteiger partial charge on any atom is -0.479 e. The van der Waals surface area contributed by atoms with Gasteiger partial charge in [-0.3, -0.25) is 0 Å². The summed E-state index contributed by atoms with van der Waals surface area (Å²) in [6, 6.07) is 1.76. The van der Waals surface area contributed by atoms with Gasteiger partial charge < -0.3 is 10.2 Å². The van der Waals surface area contributed by atoms with Crippen molar-refractivity contribution < 1.29 is 23.8 Å². The summed E-state index contributed by atoms with van der Waals surface area (Å²) in [6.07, 6.45) is -2.19. The number of aliphatic hydroxyl groups is 1. The van der Waals surface area contributed by atoms with Crippen LogP contribution in [0.2, 0.25) is 0 Å². The third kappa shape index (κ3) is 2.08. The van der Waals surface area contributed by atoms with Crippen molar-refractivity contribution in [2.45, 2.75) is 6.10 Å². The number of aliphatic carboxylic acids is 1. The van der Waals surface area contributed by atoms with Crippen molar-refractivity contribution in [3.63, 3.8) is 0 Å². The van der Waals surface area contributed by atoms with E-state index in [1.54, 1.807) is 0 Å². The maximum absolute atomic E-state index is 13.0. The zero-order valence-electron chi connectivity index (χ0n) is 6.67. The molecule has 1 unspecified atom stereocenters. The predicted octanol–water partition coefficient (Wildman–Crippen LogP) is 1.85. The molecule has 0 spiro atoms. The Labute approximate surface area is 86.1 Å². The molecule has 6 heteroatoms. The van der Waals surface area contributed by atoms with Crippen molar-refractivity contribution in [2.24, 2.45) is 0 Å². The van der Waals surface area contributed by atoms with Crippen LogP contribution in [-0.4, -0.2) is 16.2 Å². The largest absolute Gasteiger partial charge is 0.479 e. The number of aliphatic hydroxyl groups excluding tert-OH is 1. The molecule has 1 rings (SSSR count). The maximum Gasteiger partial charge on any atom is 0.337 e. The lowest BCUT2D eigenvalue weighted by molar-refractivity contribution is -0.147. The van der Waals surface area contributed by atoms with Crippen LogP contribution in [0.1, 0.15) is 11.7 Å². The molecule has 0 radical (unpaired) electrons. The highest BCUT2D eigenvalue weighted by molar-refractivity contribution is 9.10. The molecule has 2 N–H and O–H groups in total. The normalized spacial score (nSPS) is 12.6. The van der Waals surface area contributed by atoms with E-state index in [4.69, 9.17) is 10.2 Å². The summed E-state index contributed by atoms with van der Waals surface area (Å²) in [7, 11) is 0. The molecule has 0 bridgehead atoms. The van der Waals surface area contributed by atoms with E-state index in [-0.39, 0.29) is 4.47 Å². The average molecular weight is 267 g/mol. The smallest absolute Gasteiger partial charge is 0.337 e. The molecular weight excluding hydrogens is 262 g/mol. The number of carbonyl (C=O) groups is 1. The molecule has 0 saturated heterocycles. The highest BCUT2D eigenvalue weighted by Gasteiger charge is 2.24. The van der Waals surface area contributed by atoms with Gasteiger partial charge in [-0.1, -0.05) is 15.9 Å². The lowest BCUT2D eigenvalue weighted by atomic mass is 10.1. The van der Waals surface area contributed by atoms with Crippen LogP contribution in [0.25, 0.3) is 0 Å². The summed E-state index contributed by atoms with van der Waals surface area (Å²) >= 11 is 2.82. The van der Waals surface area contributed by atoms with Crippen LogP contribution in [0.5, 0.6) is 0 Å². The van der Waals surface area contributed by atoms with Gasteiger partial charge in [0.2, 0.25) is 0 Å². The molecule has 0 aliphatic carbocycles. The van der Waals surface area contributed by atoms with Gasteiger partial charge in [-0.05, 0) is 12.1 Å². The molecule has 0 aromatic heterocycles. The van der Waals surface area contributed by atoms with E-state index in [0.717, 1.165) is 12.1 Å². The topological polar surface area (TPSA) is 57.5 Å². The Kier molecular flexibility index (Phi) is 3.17. The highest BCUT2D eigenvalue weighted by atomic mass is 79.9. The minimum absolute atomic E-state index is 0.133. The first-order valence-corrected chi connectivity index (χ1v) is 4.28. The second kappa shape index (κ2) is 4.02. The molecule has 3 nitrogen and oxygen atoms in total. The van der Waals surface area contributed by atoms with Gasteiger partial charge in [-0.15, -0.1) is 0 Å². The van der Waals surface area contributed by atoms with E-state index in [1.165, 1.54) is 0 Å². The number of halogens is 3. The first-order valence-electron chi connectivity index (χ1n) is 3.48. The highest BCUT2D eigenvalue weighted by Crippen LogP contribution is 2.24. The lowest BCUT2D eigenvalue weighted by Gasteiger charge is -2.08. The number of benzene rings is 1. The average Bonchev–Trinajstić information content (AvgIpc) is 2.01. The third-order valence-electron chi connectivity index (χ3n) is 1.55. The van der Waals surface area contributed by atoms with Gasteiger partial charge in [-0.25, -0.2) is 13.6 Å². The quantitative estimate of drug-likeness (QED) is 0.859. The van der Waals surface area contributed by atoms with E-state index in [0.29, 0.717) is 0 Å². The van der Waals surface area contributed by atoms with Crippen LogP contribution in [0.15, 0.2) is 16.6 Å². The fourth-order valence-electron chi connectivity index (χ4n) is 0.938. The van der Waals surface area contributed by atoms with Gasteiger partial charge in [0.05, 0.1) is 5.56 Å². The van der Waals surface area contributed by atoms with Crippen LogP contribution in [0, 0.1) is 11.6 Å². The summed E-state index contributed by atoms with van der Waals surface area (Å²) < 4.78 is 26.2. The maximum atomic E-state index is 13.0. The zero-order chi connectivity index (χ0) is 10.9. The standard InChI is InChI=1S/C8H5BrF2O3/c9-3-1-4(10)6(5(11)2-3)7(12)8(13)14/h1-2,7,12H,(H,13,14). The summed E-state index contributed by atoms with van der Waals surface area (Å²) in [4.78, 5) is 10.3. The molecule has 76 valence electrons. The lowest BCUT2D eigenvalue weighted by Crippen LogP contribution is -2.14. The van der Waals surface area contributed by atoms with E-state index >= 15 is 0 Å². The molecular formula is C8H5BrF2O3. The molecule has 1 aromatic carbocycles. The van der Waals surface area contributed by atoms with E-state index < -0.39 is 29.3 Å². The number of carboxylic acids is 1. The molecule has 14 heavy (non-hydrogen) atoms. The van der Waals surface area contributed by atoms with Crippen molar-refractivity contribution >= 4 is 21.9 Å². The van der Waals surface area contributed by atoms with Gasteiger partial charge in [0.25, 0.3) is 0 Å². The van der Waals surface area contributed by atoms with Crippen molar-refractivity contribution in [2.75, 3.05) is 0 Å². The first-order chi connectivity index (χ1) is 6.43. The fourth-order valence-corrected chi connectivity index (χ4v) is 1.34.